The molecular weight excluding hydrogens is 274 g/mol. The minimum Gasteiger partial charge on any atom is -0.260 e. The van der Waals surface area contributed by atoms with Crippen molar-refractivity contribution in [1.29, 1.82) is 0 Å². The van der Waals surface area contributed by atoms with Crippen LogP contribution in [0.4, 0.5) is 0 Å². The normalized spacial score (nSPS) is 11.7. The fraction of sp³-hybridized carbons (Fsp3) is 0.0714. The summed E-state index contributed by atoms with van der Waals surface area (Å²) >= 11 is 0. The molecule has 0 fully saturated rings. The van der Waals surface area contributed by atoms with E-state index in [9.17, 15) is 8.42 Å². The Morgan fingerprint density at radius 3 is 2.25 bits per heavy atom. The number of rotatable bonds is 2. The van der Waals surface area contributed by atoms with Gasteiger partial charge in [0, 0.05) is 22.7 Å². The molecule has 0 aliphatic rings. The molecule has 0 N–H and O–H groups in total. The Morgan fingerprint density at radius 1 is 0.850 bits per heavy atom. The maximum absolute atomic E-state index is 12.5. The molecule has 0 unspecified atom stereocenters. The molecular formula is C14H11N3O2S. The van der Waals surface area contributed by atoms with E-state index in [0.29, 0.717) is 0 Å². The van der Waals surface area contributed by atoms with Crippen LogP contribution in [0.2, 0.25) is 0 Å². The lowest BCUT2D eigenvalue weighted by atomic mass is 10.2. The molecule has 100 valence electrons. The van der Waals surface area contributed by atoms with Crippen molar-refractivity contribution in [3.8, 4) is 0 Å². The second-order valence-corrected chi connectivity index (χ2v) is 6.37. The van der Waals surface area contributed by atoms with E-state index in [1.54, 1.807) is 42.7 Å². The molecule has 0 spiro atoms. The van der Waals surface area contributed by atoms with Crippen LogP contribution >= 0.6 is 0 Å². The van der Waals surface area contributed by atoms with Gasteiger partial charge in [0.25, 0.3) is 0 Å². The smallest absolute Gasteiger partial charge is 0.208 e. The maximum atomic E-state index is 12.5. The first-order valence-electron chi connectivity index (χ1n) is 5.95. The summed E-state index contributed by atoms with van der Waals surface area (Å²) < 4.78 is 25.0. The lowest BCUT2D eigenvalue weighted by Crippen LogP contribution is -2.02. The van der Waals surface area contributed by atoms with Gasteiger partial charge >= 0.3 is 0 Å². The molecule has 0 saturated heterocycles. The van der Waals surface area contributed by atoms with Crippen molar-refractivity contribution < 1.29 is 8.42 Å². The summed E-state index contributed by atoms with van der Waals surface area (Å²) in [5.74, 6) is 0. The molecule has 3 aromatic rings. The minimum absolute atomic E-state index is 0.185. The molecule has 0 aliphatic carbocycles. The number of hydrogen-bond acceptors (Lipinski definition) is 5. The first-order valence-corrected chi connectivity index (χ1v) is 7.44. The number of sulfone groups is 1. The van der Waals surface area contributed by atoms with Gasteiger partial charge in [-0.15, -0.1) is 0 Å². The monoisotopic (exact) mass is 285 g/mol. The van der Waals surface area contributed by atoms with Crippen molar-refractivity contribution in [2.75, 3.05) is 0 Å². The molecule has 0 aliphatic heterocycles. The molecule has 6 heteroatoms. The number of benzene rings is 1. The zero-order chi connectivity index (χ0) is 14.2. The van der Waals surface area contributed by atoms with Crippen LogP contribution in [-0.2, 0) is 9.84 Å². The van der Waals surface area contributed by atoms with Crippen molar-refractivity contribution in [3.05, 3.63) is 54.6 Å². The van der Waals surface area contributed by atoms with E-state index in [-0.39, 0.29) is 9.79 Å². The second-order valence-electron chi connectivity index (χ2n) is 4.42. The van der Waals surface area contributed by atoms with E-state index in [1.807, 2.05) is 6.92 Å². The van der Waals surface area contributed by atoms with E-state index in [0.717, 1.165) is 16.5 Å². The summed E-state index contributed by atoms with van der Waals surface area (Å²) in [6, 6.07) is 8.13. The third kappa shape index (κ3) is 2.14. The first kappa shape index (κ1) is 12.7. The van der Waals surface area contributed by atoms with Crippen molar-refractivity contribution in [2.45, 2.75) is 16.7 Å². The average Bonchev–Trinajstić information content (AvgIpc) is 2.47. The third-order valence-electron chi connectivity index (χ3n) is 3.02. The van der Waals surface area contributed by atoms with Gasteiger partial charge in [-0.25, -0.2) is 8.42 Å². The summed E-state index contributed by atoms with van der Waals surface area (Å²) in [5, 5.41) is 9.11. The van der Waals surface area contributed by atoms with E-state index in [1.165, 1.54) is 6.20 Å². The van der Waals surface area contributed by atoms with E-state index < -0.39 is 9.84 Å². The van der Waals surface area contributed by atoms with Crippen molar-refractivity contribution in [3.63, 3.8) is 0 Å². The van der Waals surface area contributed by atoms with E-state index in [4.69, 9.17) is 0 Å². The van der Waals surface area contributed by atoms with Crippen LogP contribution in [0.1, 0.15) is 5.69 Å². The van der Waals surface area contributed by atoms with Gasteiger partial charge in [0.1, 0.15) is 0 Å². The number of hydrogen-bond donors (Lipinski definition) is 0. The molecule has 2 heterocycles. The number of aryl methyl sites for hydroxylation is 1. The van der Waals surface area contributed by atoms with E-state index in [2.05, 4.69) is 15.2 Å². The summed E-state index contributed by atoms with van der Waals surface area (Å²) in [4.78, 5) is 4.44. The van der Waals surface area contributed by atoms with Crippen molar-refractivity contribution >= 4 is 20.6 Å². The molecule has 0 atom stereocenters. The third-order valence-corrected chi connectivity index (χ3v) is 4.76. The van der Waals surface area contributed by atoms with Crippen molar-refractivity contribution in [2.24, 2.45) is 0 Å². The highest BCUT2D eigenvalue weighted by atomic mass is 32.2. The van der Waals surface area contributed by atoms with Crippen LogP contribution in [0.15, 0.2) is 58.7 Å². The van der Waals surface area contributed by atoms with E-state index >= 15 is 0 Å². The molecule has 2 aromatic heterocycles. The zero-order valence-electron chi connectivity index (χ0n) is 10.7. The van der Waals surface area contributed by atoms with Gasteiger partial charge in [0.15, 0.2) is 0 Å². The van der Waals surface area contributed by atoms with Gasteiger partial charge in [0.05, 0.1) is 22.2 Å². The molecule has 1 aromatic carbocycles. The van der Waals surface area contributed by atoms with Crippen LogP contribution in [0.5, 0.6) is 0 Å². The Morgan fingerprint density at radius 2 is 1.55 bits per heavy atom. The Kier molecular flexibility index (Phi) is 2.94. The van der Waals surface area contributed by atoms with Crippen molar-refractivity contribution in [1.82, 2.24) is 15.2 Å². The topological polar surface area (TPSA) is 72.8 Å². The Labute approximate surface area is 116 Å². The van der Waals surface area contributed by atoms with Crippen LogP contribution in [0.25, 0.3) is 10.8 Å². The fourth-order valence-electron chi connectivity index (χ4n) is 1.89. The molecule has 3 rings (SSSR count). The maximum Gasteiger partial charge on any atom is 0.208 e. The second kappa shape index (κ2) is 4.64. The standard InChI is InChI=1S/C14H11N3O2S/c1-10-2-4-14(9-15-10)20(18,19)13-5-3-11-7-16-17-8-12(11)6-13/h2-9H,1H3. The lowest BCUT2D eigenvalue weighted by molar-refractivity contribution is 0.595. The van der Waals surface area contributed by atoms with Crippen LogP contribution < -0.4 is 0 Å². The summed E-state index contributed by atoms with van der Waals surface area (Å²) in [6.07, 6.45) is 4.51. The number of aromatic nitrogens is 3. The SMILES string of the molecule is Cc1ccc(S(=O)(=O)c2ccc3cnncc3c2)cn1. The Hall–Kier alpha value is -2.34. The minimum atomic E-state index is -3.56. The Bertz CT molecular complexity index is 874. The van der Waals surface area contributed by atoms with Crippen LogP contribution in [0.3, 0.4) is 0 Å². The molecule has 0 radical (unpaired) electrons. The highest BCUT2D eigenvalue weighted by Crippen LogP contribution is 2.23. The zero-order valence-corrected chi connectivity index (χ0v) is 11.5. The molecule has 0 bridgehead atoms. The van der Waals surface area contributed by atoms with Gasteiger partial charge in [-0.1, -0.05) is 6.07 Å². The predicted octanol–water partition coefficient (Wildman–Crippen LogP) is 2.17. The number of pyridine rings is 1. The predicted molar refractivity (Wildman–Crippen MR) is 74.0 cm³/mol. The number of nitrogens with zero attached hydrogens (tertiary/aromatic N) is 3. The van der Waals surface area contributed by atoms with Gasteiger partial charge < -0.3 is 0 Å². The molecule has 0 amide bonds. The lowest BCUT2D eigenvalue weighted by Gasteiger charge is -2.05. The van der Waals surface area contributed by atoms with Crippen LogP contribution in [-0.4, -0.2) is 23.6 Å². The average molecular weight is 285 g/mol. The Balaban J connectivity index is 2.15. The molecule has 5 nitrogen and oxygen atoms in total. The summed E-state index contributed by atoms with van der Waals surface area (Å²) in [7, 11) is -3.56. The first-order chi connectivity index (χ1) is 9.57. The van der Waals surface area contributed by atoms with Gasteiger partial charge in [0.2, 0.25) is 9.84 Å². The molecule has 0 saturated carbocycles. The summed E-state index contributed by atoms with van der Waals surface area (Å²) in [5.41, 5.74) is 0.776. The molecule has 20 heavy (non-hydrogen) atoms. The van der Waals surface area contributed by atoms with Gasteiger partial charge in [-0.05, 0) is 31.2 Å². The highest BCUT2D eigenvalue weighted by Gasteiger charge is 2.18. The summed E-state index contributed by atoms with van der Waals surface area (Å²) in [6.45, 7) is 1.81. The van der Waals surface area contributed by atoms with Gasteiger partial charge in [-0.2, -0.15) is 10.2 Å². The quantitative estimate of drug-likeness (QED) is 0.721. The largest absolute Gasteiger partial charge is 0.260 e. The van der Waals surface area contributed by atoms with Gasteiger partial charge in [-0.3, -0.25) is 4.98 Å². The fourth-order valence-corrected chi connectivity index (χ4v) is 3.13. The number of fused-ring (bicyclic) bond motifs is 1. The highest BCUT2D eigenvalue weighted by molar-refractivity contribution is 7.91. The van der Waals surface area contributed by atoms with Crippen LogP contribution in [0, 0.1) is 6.92 Å².